The van der Waals surface area contributed by atoms with Crippen LogP contribution in [0.5, 0.6) is 5.75 Å². The maximum atomic E-state index is 9.35. The number of hydrogen-bond donors (Lipinski definition) is 2. The first-order valence-electron chi connectivity index (χ1n) is 6.38. The van der Waals surface area contributed by atoms with Crippen LogP contribution in [0.25, 0.3) is 0 Å². The van der Waals surface area contributed by atoms with E-state index < -0.39 is 0 Å². The van der Waals surface area contributed by atoms with Gasteiger partial charge in [0.25, 0.3) is 0 Å². The highest BCUT2D eigenvalue weighted by molar-refractivity contribution is 6.32. The van der Waals surface area contributed by atoms with Crippen molar-refractivity contribution in [1.82, 2.24) is 5.32 Å². The summed E-state index contributed by atoms with van der Waals surface area (Å²) in [4.78, 5) is 0. The van der Waals surface area contributed by atoms with Crippen LogP contribution >= 0.6 is 11.6 Å². The van der Waals surface area contributed by atoms with Gasteiger partial charge in [-0.2, -0.15) is 0 Å². The molecule has 2 N–H and O–H groups in total. The Balaban J connectivity index is 1.76. The molecule has 102 valence electrons. The van der Waals surface area contributed by atoms with Crippen LogP contribution in [0.1, 0.15) is 24.7 Å². The number of aryl methyl sites for hydroxylation is 1. The molecule has 2 aromatic rings. The van der Waals surface area contributed by atoms with E-state index in [4.69, 9.17) is 16.0 Å². The zero-order valence-electron chi connectivity index (χ0n) is 10.9. The number of furan rings is 1. The molecule has 0 bridgehead atoms. The van der Waals surface area contributed by atoms with E-state index in [-0.39, 0.29) is 5.75 Å². The van der Waals surface area contributed by atoms with E-state index in [0.717, 1.165) is 30.7 Å². The van der Waals surface area contributed by atoms with Gasteiger partial charge in [-0.15, -0.1) is 0 Å². The molecule has 1 aromatic heterocycles. The molecule has 1 atom stereocenters. The van der Waals surface area contributed by atoms with Crippen LogP contribution in [0, 0.1) is 0 Å². The third-order valence-corrected chi connectivity index (χ3v) is 3.37. The standard InChI is InChI=1S/C15H18ClNO2/c1-11(4-6-13-3-2-8-19-13)17-10-12-5-7-15(18)14(16)9-12/h2-3,5,7-9,11,17-18H,4,6,10H2,1H3. The SMILES string of the molecule is CC(CCc1ccco1)NCc1ccc(O)c(Cl)c1. The Morgan fingerprint density at radius 3 is 2.89 bits per heavy atom. The number of rotatable bonds is 6. The fraction of sp³-hybridized carbons (Fsp3) is 0.333. The summed E-state index contributed by atoms with van der Waals surface area (Å²) in [6, 6.07) is 9.56. The molecule has 0 saturated heterocycles. The van der Waals surface area contributed by atoms with Gasteiger partial charge in [0.15, 0.2) is 0 Å². The van der Waals surface area contributed by atoms with Crippen molar-refractivity contribution in [3.05, 3.63) is 52.9 Å². The first-order chi connectivity index (χ1) is 9.15. The third-order valence-electron chi connectivity index (χ3n) is 3.07. The molecular weight excluding hydrogens is 262 g/mol. The Labute approximate surface area is 118 Å². The van der Waals surface area contributed by atoms with Crippen molar-refractivity contribution in [1.29, 1.82) is 0 Å². The first-order valence-corrected chi connectivity index (χ1v) is 6.76. The molecule has 19 heavy (non-hydrogen) atoms. The summed E-state index contributed by atoms with van der Waals surface area (Å²) in [5, 5.41) is 13.2. The lowest BCUT2D eigenvalue weighted by Crippen LogP contribution is -2.25. The number of nitrogens with one attached hydrogen (secondary N) is 1. The number of benzene rings is 1. The van der Waals surface area contributed by atoms with Crippen molar-refractivity contribution < 1.29 is 9.52 Å². The predicted octanol–water partition coefficient (Wildman–Crippen LogP) is 3.75. The fourth-order valence-corrected chi connectivity index (χ4v) is 2.07. The quantitative estimate of drug-likeness (QED) is 0.846. The number of phenolic OH excluding ortho intramolecular Hbond substituents is 1. The van der Waals surface area contributed by atoms with Crippen molar-refractivity contribution >= 4 is 11.6 Å². The average Bonchev–Trinajstić information content (AvgIpc) is 2.91. The Bertz CT molecular complexity index is 511. The summed E-state index contributed by atoms with van der Waals surface area (Å²) in [7, 11) is 0. The van der Waals surface area contributed by atoms with Crippen LogP contribution < -0.4 is 5.32 Å². The topological polar surface area (TPSA) is 45.4 Å². The molecular formula is C15H18ClNO2. The normalized spacial score (nSPS) is 12.5. The van der Waals surface area contributed by atoms with E-state index in [1.807, 2.05) is 18.2 Å². The Hall–Kier alpha value is -1.45. The second-order valence-corrected chi connectivity index (χ2v) is 5.09. The maximum absolute atomic E-state index is 9.35. The monoisotopic (exact) mass is 279 g/mol. The molecule has 0 spiro atoms. The van der Waals surface area contributed by atoms with Gasteiger partial charge in [0, 0.05) is 19.0 Å². The van der Waals surface area contributed by atoms with Gasteiger partial charge in [0.2, 0.25) is 0 Å². The number of hydrogen-bond acceptors (Lipinski definition) is 3. The van der Waals surface area contributed by atoms with Crippen molar-refractivity contribution in [2.45, 2.75) is 32.4 Å². The lowest BCUT2D eigenvalue weighted by molar-refractivity contribution is 0.459. The molecule has 1 unspecified atom stereocenters. The molecule has 0 fully saturated rings. The minimum Gasteiger partial charge on any atom is -0.506 e. The Morgan fingerprint density at radius 2 is 2.21 bits per heavy atom. The van der Waals surface area contributed by atoms with E-state index in [9.17, 15) is 5.11 Å². The van der Waals surface area contributed by atoms with Crippen LogP contribution in [-0.4, -0.2) is 11.1 Å². The highest BCUT2D eigenvalue weighted by Crippen LogP contribution is 2.23. The van der Waals surface area contributed by atoms with Gasteiger partial charge < -0.3 is 14.8 Å². The van der Waals surface area contributed by atoms with Gasteiger partial charge in [0.1, 0.15) is 11.5 Å². The van der Waals surface area contributed by atoms with Gasteiger partial charge >= 0.3 is 0 Å². The number of aromatic hydroxyl groups is 1. The van der Waals surface area contributed by atoms with Crippen molar-refractivity contribution in [2.24, 2.45) is 0 Å². The van der Waals surface area contributed by atoms with E-state index >= 15 is 0 Å². The van der Waals surface area contributed by atoms with Crippen LogP contribution in [0.15, 0.2) is 41.0 Å². The summed E-state index contributed by atoms with van der Waals surface area (Å²) in [6.45, 7) is 2.88. The lowest BCUT2D eigenvalue weighted by Gasteiger charge is -2.13. The first kappa shape index (κ1) is 14.0. The zero-order valence-corrected chi connectivity index (χ0v) is 11.7. The van der Waals surface area contributed by atoms with E-state index in [1.54, 1.807) is 18.4 Å². The molecule has 0 radical (unpaired) electrons. The highest BCUT2D eigenvalue weighted by Gasteiger charge is 2.05. The summed E-state index contributed by atoms with van der Waals surface area (Å²) >= 11 is 5.87. The van der Waals surface area contributed by atoms with Gasteiger partial charge in [-0.1, -0.05) is 17.7 Å². The predicted molar refractivity (Wildman–Crippen MR) is 76.4 cm³/mol. The van der Waals surface area contributed by atoms with Crippen molar-refractivity contribution in [3.63, 3.8) is 0 Å². The molecule has 1 aromatic carbocycles. The summed E-state index contributed by atoms with van der Waals surface area (Å²) in [6.07, 6.45) is 3.64. The summed E-state index contributed by atoms with van der Waals surface area (Å²) < 4.78 is 5.30. The zero-order chi connectivity index (χ0) is 13.7. The van der Waals surface area contributed by atoms with E-state index in [2.05, 4.69) is 12.2 Å². The molecule has 1 heterocycles. The molecule has 4 heteroatoms. The third kappa shape index (κ3) is 4.30. The van der Waals surface area contributed by atoms with Crippen molar-refractivity contribution in [3.8, 4) is 5.75 Å². The highest BCUT2D eigenvalue weighted by atomic mass is 35.5. The molecule has 0 aliphatic heterocycles. The molecule has 2 rings (SSSR count). The van der Waals surface area contributed by atoms with E-state index in [0.29, 0.717) is 11.1 Å². The van der Waals surface area contributed by atoms with Gasteiger partial charge in [-0.3, -0.25) is 0 Å². The Kier molecular flexibility index (Phi) is 4.88. The minimum atomic E-state index is 0.122. The largest absolute Gasteiger partial charge is 0.506 e. The molecule has 3 nitrogen and oxygen atoms in total. The van der Waals surface area contributed by atoms with Gasteiger partial charge in [-0.25, -0.2) is 0 Å². The van der Waals surface area contributed by atoms with E-state index in [1.165, 1.54) is 0 Å². The number of phenols is 1. The van der Waals surface area contributed by atoms with Crippen LogP contribution in [0.3, 0.4) is 0 Å². The average molecular weight is 280 g/mol. The summed E-state index contributed by atoms with van der Waals surface area (Å²) in [5.41, 5.74) is 1.06. The second kappa shape index (κ2) is 6.64. The van der Waals surface area contributed by atoms with Gasteiger partial charge in [0.05, 0.1) is 11.3 Å². The fourth-order valence-electron chi connectivity index (χ4n) is 1.87. The smallest absolute Gasteiger partial charge is 0.134 e. The minimum absolute atomic E-state index is 0.122. The van der Waals surface area contributed by atoms with Gasteiger partial charge in [-0.05, 0) is 43.2 Å². The van der Waals surface area contributed by atoms with Crippen LogP contribution in [-0.2, 0) is 13.0 Å². The number of halogens is 1. The molecule has 0 amide bonds. The molecule has 0 aliphatic carbocycles. The Morgan fingerprint density at radius 1 is 1.37 bits per heavy atom. The van der Waals surface area contributed by atoms with Crippen LogP contribution in [0.4, 0.5) is 0 Å². The maximum Gasteiger partial charge on any atom is 0.134 e. The summed E-state index contributed by atoms with van der Waals surface area (Å²) in [5.74, 6) is 1.14. The van der Waals surface area contributed by atoms with Crippen molar-refractivity contribution in [2.75, 3.05) is 0 Å². The second-order valence-electron chi connectivity index (χ2n) is 4.69. The lowest BCUT2D eigenvalue weighted by atomic mass is 10.1. The molecule has 0 saturated carbocycles. The van der Waals surface area contributed by atoms with Crippen LogP contribution in [0.2, 0.25) is 5.02 Å². The molecule has 0 aliphatic rings.